The van der Waals surface area contributed by atoms with Crippen molar-refractivity contribution in [3.05, 3.63) is 36.5 Å². The second-order valence-corrected chi connectivity index (χ2v) is 8.56. The van der Waals surface area contributed by atoms with Crippen LogP contribution in [0.15, 0.2) is 36.5 Å². The Hall–Kier alpha value is -3.01. The Morgan fingerprint density at radius 2 is 1.90 bits per heavy atom. The minimum atomic E-state index is -0.505. The van der Waals surface area contributed by atoms with Crippen LogP contribution in [0.5, 0.6) is 5.75 Å². The molecule has 0 amide bonds. The van der Waals surface area contributed by atoms with Crippen molar-refractivity contribution in [2.24, 2.45) is 5.73 Å². The van der Waals surface area contributed by atoms with Gasteiger partial charge in [-0.3, -0.25) is 10.6 Å². The second kappa shape index (κ2) is 7.30. The molecule has 1 atom stereocenters. The first-order chi connectivity index (χ1) is 15.1. The average molecular weight is 419 g/mol. The number of aromatic nitrogens is 3. The van der Waals surface area contributed by atoms with Gasteiger partial charge in [-0.1, -0.05) is 0 Å². The van der Waals surface area contributed by atoms with Gasteiger partial charge in [-0.2, -0.15) is 0 Å². The normalized spacial score (nSPS) is 22.1. The molecule has 0 aliphatic carbocycles. The Bertz CT molecular complexity index is 1120. The molecule has 3 aromatic rings. The van der Waals surface area contributed by atoms with Gasteiger partial charge in [-0.15, -0.1) is 0 Å². The lowest BCUT2D eigenvalue weighted by molar-refractivity contribution is 0.0961. The molecule has 3 aliphatic heterocycles. The zero-order chi connectivity index (χ0) is 20.9. The fourth-order valence-electron chi connectivity index (χ4n) is 4.49. The third kappa shape index (κ3) is 3.44. The van der Waals surface area contributed by atoms with E-state index >= 15 is 0 Å². The maximum atomic E-state index is 5.80. The summed E-state index contributed by atoms with van der Waals surface area (Å²) < 4.78 is 5.50. The van der Waals surface area contributed by atoms with Crippen molar-refractivity contribution in [1.29, 1.82) is 0 Å². The molecule has 9 nitrogen and oxygen atoms in total. The van der Waals surface area contributed by atoms with Crippen LogP contribution in [0.25, 0.3) is 22.4 Å². The molecule has 6 rings (SSSR count). The number of benzene rings is 1. The zero-order valence-electron chi connectivity index (χ0n) is 17.5. The third-order valence-electron chi connectivity index (χ3n) is 6.46. The molecule has 1 aromatic carbocycles. The Labute approximate surface area is 180 Å². The molecule has 2 saturated heterocycles. The number of hydrogen-bond acceptors (Lipinski definition) is 9. The Morgan fingerprint density at radius 1 is 1.06 bits per heavy atom. The highest BCUT2D eigenvalue weighted by Crippen LogP contribution is 2.34. The predicted molar refractivity (Wildman–Crippen MR) is 120 cm³/mol. The molecule has 3 N–H and O–H groups in total. The molecular formula is C22H26N8O. The van der Waals surface area contributed by atoms with Crippen LogP contribution < -0.4 is 20.7 Å². The molecule has 31 heavy (non-hydrogen) atoms. The van der Waals surface area contributed by atoms with Gasteiger partial charge in [-0.05, 0) is 37.4 Å². The monoisotopic (exact) mass is 418 g/mol. The number of anilines is 2. The lowest BCUT2D eigenvalue weighted by Crippen LogP contribution is -2.63. The van der Waals surface area contributed by atoms with Gasteiger partial charge in [0.25, 0.3) is 0 Å². The van der Waals surface area contributed by atoms with Crippen LogP contribution in [0.4, 0.5) is 11.5 Å². The van der Waals surface area contributed by atoms with Crippen molar-refractivity contribution < 1.29 is 4.74 Å². The Morgan fingerprint density at radius 3 is 2.74 bits per heavy atom. The number of hydrogen-bond donors (Lipinski definition) is 2. The van der Waals surface area contributed by atoms with Gasteiger partial charge < -0.3 is 19.9 Å². The van der Waals surface area contributed by atoms with Crippen molar-refractivity contribution in [2.75, 3.05) is 56.5 Å². The summed E-state index contributed by atoms with van der Waals surface area (Å²) in [5.74, 6) is 1.66. The lowest BCUT2D eigenvalue weighted by Gasteiger charge is -2.48. The van der Waals surface area contributed by atoms with Crippen molar-refractivity contribution in [3.8, 4) is 17.0 Å². The van der Waals surface area contributed by atoms with E-state index in [9.17, 15) is 0 Å². The number of likely N-dealkylation sites (N-methyl/N-ethyl adjacent to an activating group) is 1. The van der Waals surface area contributed by atoms with E-state index in [0.717, 1.165) is 73.3 Å². The number of nitrogens with two attached hydrogens (primary N) is 1. The molecule has 0 spiro atoms. The van der Waals surface area contributed by atoms with Crippen molar-refractivity contribution in [1.82, 2.24) is 24.8 Å². The fraction of sp³-hybridized carbons (Fsp3) is 0.409. The first-order valence-corrected chi connectivity index (χ1v) is 10.8. The summed E-state index contributed by atoms with van der Waals surface area (Å²) in [6.07, 6.45) is 1.36. The van der Waals surface area contributed by atoms with E-state index in [2.05, 4.69) is 32.0 Å². The maximum absolute atomic E-state index is 5.80. The molecule has 1 unspecified atom stereocenters. The Balaban J connectivity index is 1.21. The molecule has 0 radical (unpaired) electrons. The van der Waals surface area contributed by atoms with Crippen LogP contribution in [-0.2, 0) is 0 Å². The molecule has 5 heterocycles. The van der Waals surface area contributed by atoms with Gasteiger partial charge in [0.05, 0.1) is 17.6 Å². The standard InChI is InChI=1S/C22H26N8O/c1-28-6-8-29(9-7-28)15-12-30(13-15)20-11-24-17-4-3-16(25-21(17)27-20)14-2-5-19-18(10-14)26-22(23)31-19/h2-5,10-11,15,22,26H,6-9,12-13,23H2,1H3. The molecule has 2 fully saturated rings. The van der Waals surface area contributed by atoms with Gasteiger partial charge >= 0.3 is 0 Å². The minimum Gasteiger partial charge on any atom is -0.456 e. The van der Waals surface area contributed by atoms with Crippen LogP contribution in [0.1, 0.15) is 0 Å². The SMILES string of the molecule is CN1CCN(C2CN(c3cnc4ccc(-c5ccc6c(c5)NC(N)O6)nc4n3)C2)CC1. The summed E-state index contributed by atoms with van der Waals surface area (Å²) in [5, 5.41) is 3.10. The van der Waals surface area contributed by atoms with Crippen LogP contribution in [0.2, 0.25) is 0 Å². The van der Waals surface area contributed by atoms with Crippen LogP contribution in [0.3, 0.4) is 0 Å². The molecule has 2 aromatic heterocycles. The van der Waals surface area contributed by atoms with Crippen LogP contribution in [-0.4, -0.2) is 83.5 Å². The van der Waals surface area contributed by atoms with Crippen molar-refractivity contribution in [2.45, 2.75) is 12.4 Å². The smallest absolute Gasteiger partial charge is 0.225 e. The topological polar surface area (TPSA) is 95.7 Å². The van der Waals surface area contributed by atoms with E-state index in [4.69, 9.17) is 20.4 Å². The minimum absolute atomic E-state index is 0.505. The number of pyridine rings is 1. The number of rotatable bonds is 3. The molecule has 3 aliphatic rings. The Kier molecular flexibility index (Phi) is 4.41. The number of ether oxygens (including phenoxy) is 1. The van der Waals surface area contributed by atoms with Gasteiger partial charge in [0.1, 0.15) is 17.1 Å². The quantitative estimate of drug-likeness (QED) is 0.650. The van der Waals surface area contributed by atoms with Crippen molar-refractivity contribution in [3.63, 3.8) is 0 Å². The number of nitrogens with one attached hydrogen (secondary N) is 1. The molecule has 0 saturated carbocycles. The summed E-state index contributed by atoms with van der Waals surface area (Å²) in [6.45, 7) is 6.59. The summed E-state index contributed by atoms with van der Waals surface area (Å²) >= 11 is 0. The summed E-state index contributed by atoms with van der Waals surface area (Å²) in [5.41, 5.74) is 9.97. The van der Waals surface area contributed by atoms with Crippen molar-refractivity contribution >= 4 is 22.7 Å². The average Bonchev–Trinajstić information content (AvgIpc) is 3.12. The van der Waals surface area contributed by atoms with Crippen LogP contribution >= 0.6 is 0 Å². The van der Waals surface area contributed by atoms with Gasteiger partial charge in [0.2, 0.25) is 6.35 Å². The summed E-state index contributed by atoms with van der Waals surface area (Å²) in [4.78, 5) is 21.5. The highest BCUT2D eigenvalue weighted by atomic mass is 16.5. The van der Waals surface area contributed by atoms with E-state index < -0.39 is 6.35 Å². The fourth-order valence-corrected chi connectivity index (χ4v) is 4.49. The number of nitrogens with zero attached hydrogens (tertiary/aromatic N) is 6. The molecule has 160 valence electrons. The largest absolute Gasteiger partial charge is 0.456 e. The molecule has 0 bridgehead atoms. The predicted octanol–water partition coefficient (Wildman–Crippen LogP) is 1.17. The lowest BCUT2D eigenvalue weighted by atomic mass is 10.1. The second-order valence-electron chi connectivity index (χ2n) is 8.56. The van der Waals surface area contributed by atoms with E-state index in [1.165, 1.54) is 0 Å². The van der Waals surface area contributed by atoms with E-state index in [1.807, 2.05) is 36.5 Å². The zero-order valence-corrected chi connectivity index (χ0v) is 17.5. The van der Waals surface area contributed by atoms with E-state index in [1.54, 1.807) is 0 Å². The summed E-state index contributed by atoms with van der Waals surface area (Å²) in [7, 11) is 2.19. The maximum Gasteiger partial charge on any atom is 0.225 e. The van der Waals surface area contributed by atoms with E-state index in [0.29, 0.717) is 11.7 Å². The van der Waals surface area contributed by atoms with Gasteiger partial charge in [0.15, 0.2) is 5.65 Å². The third-order valence-corrected chi connectivity index (χ3v) is 6.46. The van der Waals surface area contributed by atoms with Gasteiger partial charge in [0, 0.05) is 50.9 Å². The first kappa shape index (κ1) is 18.7. The van der Waals surface area contributed by atoms with Crippen LogP contribution in [0, 0.1) is 0 Å². The number of fused-ring (bicyclic) bond motifs is 2. The molecular weight excluding hydrogens is 392 g/mol. The highest BCUT2D eigenvalue weighted by Gasteiger charge is 2.34. The number of piperazine rings is 1. The first-order valence-electron chi connectivity index (χ1n) is 10.8. The highest BCUT2D eigenvalue weighted by molar-refractivity contribution is 5.78. The van der Waals surface area contributed by atoms with E-state index in [-0.39, 0.29) is 0 Å². The summed E-state index contributed by atoms with van der Waals surface area (Å²) in [6, 6.07) is 10.5. The molecule has 9 heteroatoms. The van der Waals surface area contributed by atoms with Gasteiger partial charge in [-0.25, -0.2) is 15.0 Å².